The summed E-state index contributed by atoms with van der Waals surface area (Å²) in [5.41, 5.74) is -2.67. The lowest BCUT2D eigenvalue weighted by atomic mass is 10.3. The number of pyridine rings is 1. The molecule has 0 aliphatic carbocycles. The van der Waals surface area contributed by atoms with Crippen molar-refractivity contribution in [2.75, 3.05) is 0 Å². The first kappa shape index (κ1) is 13.3. The van der Waals surface area contributed by atoms with E-state index in [1.54, 1.807) is 0 Å². The number of aromatic amines is 1. The monoisotopic (exact) mass is 272 g/mol. The lowest BCUT2D eigenvalue weighted by Gasteiger charge is -2.09. The maximum atomic E-state index is 12.0. The average Bonchev–Trinajstić information content (AvgIpc) is 2.13. The second-order valence-electron chi connectivity index (χ2n) is 2.78. The molecule has 1 heterocycles. The fourth-order valence-corrected chi connectivity index (χ4v) is 1.16. The van der Waals surface area contributed by atoms with Crippen molar-refractivity contribution >= 4 is 17.3 Å². The van der Waals surface area contributed by atoms with Crippen molar-refractivity contribution in [1.29, 1.82) is 0 Å². The Morgan fingerprint density at radius 2 is 2.12 bits per heavy atom. The van der Waals surface area contributed by atoms with Crippen molar-refractivity contribution in [1.82, 2.24) is 4.98 Å². The average molecular weight is 273 g/mol. The highest BCUT2D eigenvalue weighted by Gasteiger charge is 2.36. The number of nitrogens with zero attached hydrogens (tertiary/aromatic N) is 1. The van der Waals surface area contributed by atoms with Gasteiger partial charge in [-0.1, -0.05) is 0 Å². The van der Waals surface area contributed by atoms with Crippen LogP contribution in [-0.4, -0.2) is 16.3 Å². The summed E-state index contributed by atoms with van der Waals surface area (Å²) in [4.78, 5) is 22.3. The summed E-state index contributed by atoms with van der Waals surface area (Å²) >= 11 is 5.30. The van der Waals surface area contributed by atoms with Gasteiger partial charge >= 0.3 is 12.0 Å². The van der Waals surface area contributed by atoms with Crippen LogP contribution in [0.1, 0.15) is 5.69 Å². The number of H-pyrrole nitrogens is 1. The third kappa shape index (κ3) is 3.34. The lowest BCUT2D eigenvalue weighted by molar-refractivity contribution is -0.390. The summed E-state index contributed by atoms with van der Waals surface area (Å²) in [6.07, 6.45) is -5.15. The van der Waals surface area contributed by atoms with Crippen LogP contribution >= 0.6 is 11.6 Å². The number of alkyl halides is 4. The van der Waals surface area contributed by atoms with Crippen LogP contribution in [0, 0.1) is 10.1 Å². The zero-order valence-corrected chi connectivity index (χ0v) is 8.63. The van der Waals surface area contributed by atoms with Crippen LogP contribution < -0.4 is 10.2 Å². The molecule has 0 spiro atoms. The molecule has 1 rings (SSSR count). The van der Waals surface area contributed by atoms with E-state index in [2.05, 4.69) is 4.74 Å². The number of nitro groups is 1. The molecule has 10 heteroatoms. The largest absolute Gasteiger partial charge is 0.574 e. The number of hydrogen-bond donors (Lipinski definition) is 1. The summed E-state index contributed by atoms with van der Waals surface area (Å²) in [6.45, 7) is 0. The number of nitrogens with one attached hydrogen (secondary N) is 1. The van der Waals surface area contributed by atoms with E-state index in [9.17, 15) is 28.1 Å². The standard InChI is InChI=1S/C7H4ClF3N2O4/c8-2-3-1-4(14)5(13(15)16)6(12-3)17-7(9,10)11/h1H,2H2,(H,12,14). The van der Waals surface area contributed by atoms with Crippen LogP contribution in [-0.2, 0) is 5.88 Å². The van der Waals surface area contributed by atoms with Gasteiger partial charge in [0.05, 0.1) is 10.8 Å². The van der Waals surface area contributed by atoms with E-state index in [0.717, 1.165) is 6.07 Å². The Morgan fingerprint density at radius 3 is 2.53 bits per heavy atom. The van der Waals surface area contributed by atoms with Gasteiger partial charge in [0.25, 0.3) is 11.3 Å². The highest BCUT2D eigenvalue weighted by Crippen LogP contribution is 2.27. The minimum atomic E-state index is -5.15. The van der Waals surface area contributed by atoms with Gasteiger partial charge in [-0.15, -0.1) is 24.8 Å². The Bertz CT molecular complexity index is 499. The molecule has 0 bridgehead atoms. The minimum Gasteiger partial charge on any atom is -0.382 e. The molecule has 1 N–H and O–H groups in total. The minimum absolute atomic E-state index is 0.124. The molecule has 0 fully saturated rings. The highest BCUT2D eigenvalue weighted by atomic mass is 35.5. The van der Waals surface area contributed by atoms with Gasteiger partial charge in [0.1, 0.15) is 0 Å². The summed E-state index contributed by atoms with van der Waals surface area (Å²) in [5, 5.41) is 10.4. The van der Waals surface area contributed by atoms with Gasteiger partial charge in [-0.3, -0.25) is 14.9 Å². The molecule has 0 atom stereocenters. The van der Waals surface area contributed by atoms with Crippen LogP contribution in [0.5, 0.6) is 5.88 Å². The predicted molar refractivity (Wildman–Crippen MR) is 50.0 cm³/mol. The second-order valence-corrected chi connectivity index (χ2v) is 3.04. The second kappa shape index (κ2) is 4.62. The number of halogens is 4. The number of aromatic nitrogens is 1. The Labute approximate surface area is 96.1 Å². The van der Waals surface area contributed by atoms with E-state index in [-0.39, 0.29) is 11.6 Å². The van der Waals surface area contributed by atoms with Gasteiger partial charge in [0.2, 0.25) is 0 Å². The predicted octanol–water partition coefficient (Wildman–Crippen LogP) is 1.92. The number of hydrogen-bond acceptors (Lipinski definition) is 4. The first-order chi connectivity index (χ1) is 7.74. The first-order valence-corrected chi connectivity index (χ1v) is 4.50. The molecule has 0 saturated carbocycles. The molecule has 0 saturated heterocycles. The smallest absolute Gasteiger partial charge is 0.382 e. The fourth-order valence-electron chi connectivity index (χ4n) is 1.01. The van der Waals surface area contributed by atoms with E-state index in [0.29, 0.717) is 0 Å². The molecule has 0 aliphatic heterocycles. The Morgan fingerprint density at radius 1 is 1.53 bits per heavy atom. The lowest BCUT2D eigenvalue weighted by Crippen LogP contribution is -2.22. The van der Waals surface area contributed by atoms with Gasteiger partial charge in [-0.25, -0.2) is 0 Å². The zero-order chi connectivity index (χ0) is 13.2. The Balaban J connectivity index is 3.38. The quantitative estimate of drug-likeness (QED) is 0.517. The maximum absolute atomic E-state index is 12.0. The summed E-state index contributed by atoms with van der Waals surface area (Å²) in [7, 11) is 0. The molecule has 0 aromatic carbocycles. The molecule has 0 aliphatic rings. The van der Waals surface area contributed by atoms with Crippen molar-refractivity contribution in [2.24, 2.45) is 0 Å². The summed E-state index contributed by atoms with van der Waals surface area (Å²) in [5.74, 6) is -1.60. The molecule has 0 amide bonds. The van der Waals surface area contributed by atoms with Crippen molar-refractivity contribution in [3.05, 3.63) is 32.1 Å². The van der Waals surface area contributed by atoms with Gasteiger partial charge in [-0.05, 0) is 0 Å². The molecular weight excluding hydrogens is 269 g/mol. The van der Waals surface area contributed by atoms with E-state index >= 15 is 0 Å². The number of rotatable bonds is 3. The van der Waals surface area contributed by atoms with E-state index in [1.807, 2.05) is 4.98 Å². The van der Waals surface area contributed by atoms with Crippen LogP contribution in [0.15, 0.2) is 10.9 Å². The van der Waals surface area contributed by atoms with Gasteiger partial charge < -0.3 is 9.72 Å². The molecule has 6 nitrogen and oxygen atoms in total. The van der Waals surface area contributed by atoms with E-state index in [4.69, 9.17) is 11.6 Å². The third-order valence-corrected chi connectivity index (χ3v) is 1.86. The maximum Gasteiger partial charge on any atom is 0.574 e. The molecule has 17 heavy (non-hydrogen) atoms. The topological polar surface area (TPSA) is 85.2 Å². The summed E-state index contributed by atoms with van der Waals surface area (Å²) in [6, 6.07) is 0.731. The van der Waals surface area contributed by atoms with Crippen molar-refractivity contribution in [3.8, 4) is 5.88 Å². The van der Waals surface area contributed by atoms with Gasteiger partial charge in [0.15, 0.2) is 0 Å². The van der Waals surface area contributed by atoms with E-state index in [1.165, 1.54) is 0 Å². The molecular formula is C7H4ClF3N2O4. The fraction of sp³-hybridized carbons (Fsp3) is 0.286. The van der Waals surface area contributed by atoms with Crippen molar-refractivity contribution in [2.45, 2.75) is 12.2 Å². The molecule has 0 radical (unpaired) electrons. The Kier molecular flexibility index (Phi) is 3.61. The van der Waals surface area contributed by atoms with Crippen molar-refractivity contribution < 1.29 is 22.8 Å². The molecule has 1 aromatic rings. The molecule has 94 valence electrons. The number of ether oxygens (including phenoxy) is 1. The van der Waals surface area contributed by atoms with Crippen LogP contribution in [0.3, 0.4) is 0 Å². The SMILES string of the molecule is O=c1cc(CCl)[nH]c(OC(F)(F)F)c1[N+](=O)[O-]. The van der Waals surface area contributed by atoms with Crippen LogP contribution in [0.4, 0.5) is 18.9 Å². The van der Waals surface area contributed by atoms with E-state index < -0.39 is 28.3 Å². The van der Waals surface area contributed by atoms with Crippen molar-refractivity contribution in [3.63, 3.8) is 0 Å². The highest BCUT2D eigenvalue weighted by molar-refractivity contribution is 6.16. The molecule has 0 unspecified atom stereocenters. The normalized spacial score (nSPS) is 11.3. The first-order valence-electron chi connectivity index (χ1n) is 3.97. The zero-order valence-electron chi connectivity index (χ0n) is 7.88. The van der Waals surface area contributed by atoms with Gasteiger partial charge in [0, 0.05) is 11.8 Å². The summed E-state index contributed by atoms with van der Waals surface area (Å²) < 4.78 is 39.2. The van der Waals surface area contributed by atoms with Crippen LogP contribution in [0.25, 0.3) is 0 Å². The Hall–Kier alpha value is -1.77. The van der Waals surface area contributed by atoms with Gasteiger partial charge in [-0.2, -0.15) is 0 Å². The molecule has 1 aromatic heterocycles. The van der Waals surface area contributed by atoms with Crippen LogP contribution in [0.2, 0.25) is 0 Å². The third-order valence-electron chi connectivity index (χ3n) is 1.57.